The van der Waals surface area contributed by atoms with Crippen molar-refractivity contribution >= 4 is 11.8 Å². The molecule has 0 radical (unpaired) electrons. The van der Waals surface area contributed by atoms with Crippen LogP contribution in [0.15, 0.2) is 22.8 Å². The number of carbonyl (C=O) groups excluding carboxylic acids is 2. The molecule has 0 bridgehead atoms. The van der Waals surface area contributed by atoms with Gasteiger partial charge in [0.2, 0.25) is 5.91 Å². The van der Waals surface area contributed by atoms with Crippen molar-refractivity contribution in [1.82, 2.24) is 15.5 Å². The molecular weight excluding hydrogens is 294 g/mol. The van der Waals surface area contributed by atoms with Crippen LogP contribution in [-0.4, -0.2) is 49.4 Å². The number of nitrogens with zero attached hydrogens (tertiary/aromatic N) is 1. The van der Waals surface area contributed by atoms with Crippen LogP contribution in [0.3, 0.4) is 0 Å². The number of carbonyl (C=O) groups is 2. The van der Waals surface area contributed by atoms with Crippen molar-refractivity contribution in [1.29, 1.82) is 0 Å². The normalized spacial score (nSPS) is 17.3. The van der Waals surface area contributed by atoms with Crippen LogP contribution in [0.5, 0.6) is 0 Å². The average molecular weight is 321 g/mol. The van der Waals surface area contributed by atoms with E-state index in [0.29, 0.717) is 5.92 Å². The zero-order chi connectivity index (χ0) is 16.8. The fourth-order valence-electron chi connectivity index (χ4n) is 2.98. The highest BCUT2D eigenvalue weighted by atomic mass is 16.3. The molecule has 1 saturated heterocycles. The van der Waals surface area contributed by atoms with Crippen LogP contribution in [0.2, 0.25) is 0 Å². The van der Waals surface area contributed by atoms with E-state index in [2.05, 4.69) is 10.6 Å². The molecule has 23 heavy (non-hydrogen) atoms. The van der Waals surface area contributed by atoms with Crippen molar-refractivity contribution in [2.75, 3.05) is 26.7 Å². The minimum absolute atomic E-state index is 0.00261. The van der Waals surface area contributed by atoms with E-state index >= 15 is 0 Å². The number of rotatable bonds is 6. The lowest BCUT2D eigenvalue weighted by Crippen LogP contribution is -2.53. The predicted octanol–water partition coefficient (Wildman–Crippen LogP) is 1.49. The third kappa shape index (κ3) is 4.58. The van der Waals surface area contributed by atoms with Crippen LogP contribution in [0.25, 0.3) is 0 Å². The molecule has 128 valence electrons. The monoisotopic (exact) mass is 321 g/mol. The highest BCUT2D eigenvalue weighted by Crippen LogP contribution is 2.18. The van der Waals surface area contributed by atoms with Gasteiger partial charge < -0.3 is 20.0 Å². The van der Waals surface area contributed by atoms with Crippen LogP contribution in [0.4, 0.5) is 0 Å². The smallest absolute Gasteiger partial charge is 0.287 e. The van der Waals surface area contributed by atoms with Crippen LogP contribution < -0.4 is 10.6 Å². The summed E-state index contributed by atoms with van der Waals surface area (Å²) in [5.41, 5.74) is 0. The fourth-order valence-corrected chi connectivity index (χ4v) is 2.98. The lowest BCUT2D eigenvalue weighted by Gasteiger charge is -2.35. The molecule has 1 aromatic heterocycles. The maximum Gasteiger partial charge on any atom is 0.287 e. The topological polar surface area (TPSA) is 74.6 Å². The van der Waals surface area contributed by atoms with Crippen molar-refractivity contribution in [3.8, 4) is 0 Å². The summed E-state index contributed by atoms with van der Waals surface area (Å²) in [4.78, 5) is 26.8. The van der Waals surface area contributed by atoms with Crippen molar-refractivity contribution in [2.45, 2.75) is 32.7 Å². The molecule has 2 N–H and O–H groups in total. The summed E-state index contributed by atoms with van der Waals surface area (Å²) < 4.78 is 5.10. The molecule has 0 saturated carbocycles. The zero-order valence-corrected chi connectivity index (χ0v) is 14.2. The van der Waals surface area contributed by atoms with Crippen molar-refractivity contribution in [3.05, 3.63) is 24.2 Å². The van der Waals surface area contributed by atoms with Gasteiger partial charge in [0.25, 0.3) is 5.91 Å². The molecule has 1 unspecified atom stereocenters. The van der Waals surface area contributed by atoms with Gasteiger partial charge in [0.05, 0.1) is 6.26 Å². The molecule has 6 heteroatoms. The third-order valence-corrected chi connectivity index (χ3v) is 4.38. The summed E-state index contributed by atoms with van der Waals surface area (Å²) in [6, 6.07) is 2.74. The Hall–Kier alpha value is -1.82. The summed E-state index contributed by atoms with van der Waals surface area (Å²) in [5, 5.41) is 6.01. The van der Waals surface area contributed by atoms with E-state index in [9.17, 15) is 9.59 Å². The average Bonchev–Trinajstić information content (AvgIpc) is 3.07. The van der Waals surface area contributed by atoms with Crippen molar-refractivity contribution < 1.29 is 14.0 Å². The largest absolute Gasteiger partial charge is 0.459 e. The minimum Gasteiger partial charge on any atom is -0.459 e. The number of hydrogen-bond donors (Lipinski definition) is 2. The summed E-state index contributed by atoms with van der Waals surface area (Å²) in [7, 11) is 1.95. The molecule has 1 aliphatic heterocycles. The van der Waals surface area contributed by atoms with E-state index in [-0.39, 0.29) is 23.5 Å². The van der Waals surface area contributed by atoms with E-state index in [4.69, 9.17) is 4.42 Å². The number of furan rings is 1. The van der Waals surface area contributed by atoms with Gasteiger partial charge in [-0.1, -0.05) is 13.8 Å². The fraction of sp³-hybridized carbons (Fsp3) is 0.647. The molecule has 1 aliphatic rings. The first kappa shape index (κ1) is 17.5. The first-order valence-electron chi connectivity index (χ1n) is 8.30. The van der Waals surface area contributed by atoms with Gasteiger partial charge in [-0.2, -0.15) is 0 Å². The molecule has 0 aromatic carbocycles. The minimum atomic E-state index is -0.520. The molecule has 1 aromatic rings. The van der Waals surface area contributed by atoms with Gasteiger partial charge in [-0.25, -0.2) is 0 Å². The van der Waals surface area contributed by atoms with Gasteiger partial charge >= 0.3 is 0 Å². The van der Waals surface area contributed by atoms with Crippen LogP contribution in [0, 0.1) is 11.8 Å². The second kappa shape index (κ2) is 8.15. The summed E-state index contributed by atoms with van der Waals surface area (Å²) in [6.07, 6.45) is 3.46. The Balaban J connectivity index is 1.95. The zero-order valence-electron chi connectivity index (χ0n) is 14.2. The SMILES string of the molecule is CNCC1CCN(C(=O)C(NC(=O)c2ccco2)C(C)C)CC1. The molecule has 1 fully saturated rings. The quantitative estimate of drug-likeness (QED) is 0.832. The Bertz CT molecular complexity index is 505. The highest BCUT2D eigenvalue weighted by molar-refractivity contribution is 5.95. The van der Waals surface area contributed by atoms with E-state index in [1.165, 1.54) is 6.26 Å². The highest BCUT2D eigenvalue weighted by Gasteiger charge is 2.31. The van der Waals surface area contributed by atoms with Gasteiger partial charge in [-0.15, -0.1) is 0 Å². The van der Waals surface area contributed by atoms with Gasteiger partial charge in [-0.05, 0) is 50.4 Å². The standard InChI is InChI=1S/C17H27N3O3/c1-12(2)15(19-16(21)14-5-4-10-23-14)17(22)20-8-6-13(7-9-20)11-18-3/h4-5,10,12-13,15,18H,6-9,11H2,1-3H3,(H,19,21). The Kier molecular flexibility index (Phi) is 6.21. The van der Waals surface area contributed by atoms with Crippen LogP contribution in [-0.2, 0) is 4.79 Å². The van der Waals surface area contributed by atoms with Crippen LogP contribution in [0.1, 0.15) is 37.2 Å². The Morgan fingerprint density at radius 3 is 2.57 bits per heavy atom. The van der Waals surface area contributed by atoms with E-state index in [1.54, 1.807) is 12.1 Å². The molecule has 0 spiro atoms. The molecule has 2 heterocycles. The van der Waals surface area contributed by atoms with Crippen molar-refractivity contribution in [3.63, 3.8) is 0 Å². The van der Waals surface area contributed by atoms with E-state index < -0.39 is 6.04 Å². The second-order valence-electron chi connectivity index (χ2n) is 6.50. The molecule has 1 atom stereocenters. The first-order chi connectivity index (χ1) is 11.0. The lowest BCUT2D eigenvalue weighted by atomic mass is 9.95. The Morgan fingerprint density at radius 1 is 1.35 bits per heavy atom. The van der Waals surface area contributed by atoms with E-state index in [0.717, 1.165) is 32.5 Å². The second-order valence-corrected chi connectivity index (χ2v) is 6.50. The third-order valence-electron chi connectivity index (χ3n) is 4.38. The molecular formula is C17H27N3O3. The summed E-state index contributed by atoms with van der Waals surface area (Å²) in [6.45, 7) is 6.39. The molecule has 0 aliphatic carbocycles. The lowest BCUT2D eigenvalue weighted by molar-refractivity contribution is -0.135. The van der Waals surface area contributed by atoms with Crippen LogP contribution >= 0.6 is 0 Å². The summed E-state index contributed by atoms with van der Waals surface area (Å²) >= 11 is 0. The van der Waals surface area contributed by atoms with E-state index in [1.807, 2.05) is 25.8 Å². The number of amides is 2. The van der Waals surface area contributed by atoms with Crippen molar-refractivity contribution in [2.24, 2.45) is 11.8 Å². The van der Waals surface area contributed by atoms with Gasteiger partial charge in [-0.3, -0.25) is 9.59 Å². The molecule has 6 nitrogen and oxygen atoms in total. The van der Waals surface area contributed by atoms with Gasteiger partial charge in [0.1, 0.15) is 6.04 Å². The van der Waals surface area contributed by atoms with Gasteiger partial charge in [0.15, 0.2) is 5.76 Å². The maximum absolute atomic E-state index is 12.8. The number of hydrogen-bond acceptors (Lipinski definition) is 4. The maximum atomic E-state index is 12.8. The summed E-state index contributed by atoms with van der Waals surface area (Å²) in [5.74, 6) is 0.543. The molecule has 2 rings (SSSR count). The number of nitrogens with one attached hydrogen (secondary N) is 2. The first-order valence-corrected chi connectivity index (χ1v) is 8.30. The molecule has 2 amide bonds. The Morgan fingerprint density at radius 2 is 2.04 bits per heavy atom. The predicted molar refractivity (Wildman–Crippen MR) is 88.0 cm³/mol. The number of likely N-dealkylation sites (tertiary alicyclic amines) is 1. The number of piperidine rings is 1. The Labute approximate surface area is 137 Å². The van der Waals surface area contributed by atoms with Gasteiger partial charge in [0, 0.05) is 13.1 Å².